The van der Waals surface area contributed by atoms with Crippen LogP contribution in [0.5, 0.6) is 0 Å². The van der Waals surface area contributed by atoms with E-state index in [0.717, 1.165) is 32.4 Å². The average molecular weight is 447 g/mol. The number of hydrogen-bond donors (Lipinski definition) is 1. The quantitative estimate of drug-likeness (QED) is 0.210. The summed E-state index contributed by atoms with van der Waals surface area (Å²) in [5.41, 5.74) is 3.97. The third kappa shape index (κ3) is 9.88. The van der Waals surface area contributed by atoms with E-state index in [1.807, 2.05) is 0 Å². The highest BCUT2D eigenvalue weighted by Crippen LogP contribution is 2.16. The van der Waals surface area contributed by atoms with Gasteiger partial charge < -0.3 is 5.11 Å². The Morgan fingerprint density at radius 2 is 0.939 bits per heavy atom. The number of rotatable bonds is 16. The maximum absolute atomic E-state index is 8.80. The molecule has 0 saturated carbocycles. The van der Waals surface area contributed by atoms with Crippen LogP contribution in [0, 0.1) is 0 Å². The zero-order chi connectivity index (χ0) is 23.0. The number of aromatic nitrogens is 2. The summed E-state index contributed by atoms with van der Waals surface area (Å²) in [4.78, 5) is 0. The third-order valence-corrected chi connectivity index (χ3v) is 6.41. The number of aliphatic hydroxyl groups excluding tert-OH is 1. The fourth-order valence-electron chi connectivity index (χ4n) is 4.35. The van der Waals surface area contributed by atoms with Crippen LogP contribution in [-0.2, 0) is 19.5 Å². The first-order valence-corrected chi connectivity index (χ1v) is 13.0. The normalized spacial score (nSPS) is 11.1. The molecule has 0 aliphatic rings. The molecule has 0 amide bonds. The summed E-state index contributed by atoms with van der Waals surface area (Å²) in [7, 11) is 0. The van der Waals surface area contributed by atoms with Gasteiger partial charge in [-0.25, -0.2) is 9.13 Å². The Hall–Kier alpha value is -2.52. The number of pyridine rings is 2. The van der Waals surface area contributed by atoms with E-state index in [0.29, 0.717) is 6.61 Å². The molecular weight excluding hydrogens is 404 g/mol. The Morgan fingerprint density at radius 1 is 0.485 bits per heavy atom. The smallest absolute Gasteiger partial charge is 0.169 e. The van der Waals surface area contributed by atoms with Crippen LogP contribution in [-0.4, -0.2) is 11.7 Å². The summed E-state index contributed by atoms with van der Waals surface area (Å²) in [6.45, 7) is 2.50. The Bertz CT molecular complexity index is 875. The van der Waals surface area contributed by atoms with E-state index in [2.05, 4.69) is 88.5 Å². The summed E-state index contributed by atoms with van der Waals surface area (Å²) in [6.07, 6.45) is 22.5. The van der Waals surface area contributed by atoms with E-state index in [1.54, 1.807) is 0 Å². The minimum Gasteiger partial charge on any atom is -0.396 e. The molecule has 0 unspecified atom stereocenters. The molecule has 3 aromatic rings. The van der Waals surface area contributed by atoms with Gasteiger partial charge in [0.2, 0.25) is 0 Å². The van der Waals surface area contributed by atoms with Crippen molar-refractivity contribution in [2.75, 3.05) is 6.61 Å². The number of hydrogen-bond acceptors (Lipinski definition) is 1. The molecule has 0 saturated heterocycles. The van der Waals surface area contributed by atoms with E-state index in [1.165, 1.54) is 68.1 Å². The molecule has 3 rings (SSSR count). The molecule has 0 bridgehead atoms. The molecule has 3 heteroatoms. The Labute approximate surface area is 200 Å². The van der Waals surface area contributed by atoms with E-state index in [4.69, 9.17) is 5.11 Å². The summed E-state index contributed by atoms with van der Waals surface area (Å²) in [6, 6.07) is 19.7. The summed E-state index contributed by atoms with van der Waals surface area (Å²) >= 11 is 0. The van der Waals surface area contributed by atoms with Crippen molar-refractivity contribution in [2.24, 2.45) is 0 Å². The van der Waals surface area contributed by atoms with Gasteiger partial charge in [0.25, 0.3) is 0 Å². The van der Waals surface area contributed by atoms with Crippen LogP contribution in [0.25, 0.3) is 11.1 Å². The van der Waals surface area contributed by atoms with E-state index in [9.17, 15) is 0 Å². The van der Waals surface area contributed by atoms with Gasteiger partial charge in [0.15, 0.2) is 24.8 Å². The lowest BCUT2D eigenvalue weighted by atomic mass is 10.1. The second-order valence-corrected chi connectivity index (χ2v) is 9.14. The van der Waals surface area contributed by atoms with Crippen LogP contribution in [0.4, 0.5) is 0 Å². The lowest BCUT2D eigenvalue weighted by Gasteiger charge is -2.03. The summed E-state index contributed by atoms with van der Waals surface area (Å²) < 4.78 is 4.59. The topological polar surface area (TPSA) is 28.0 Å². The minimum absolute atomic E-state index is 0.347. The van der Waals surface area contributed by atoms with Gasteiger partial charge in [-0.1, -0.05) is 68.9 Å². The SMILES string of the molecule is OCCCCCCCCCCC[n+]1ccc(-c2cc[n+](CCCc3ccccc3)cc2)cc1. The first-order chi connectivity index (χ1) is 16.3. The van der Waals surface area contributed by atoms with E-state index >= 15 is 0 Å². The molecule has 176 valence electrons. The third-order valence-electron chi connectivity index (χ3n) is 6.41. The maximum atomic E-state index is 8.80. The first kappa shape index (κ1) is 25.1. The lowest BCUT2D eigenvalue weighted by Crippen LogP contribution is -2.33. The fourth-order valence-corrected chi connectivity index (χ4v) is 4.35. The highest BCUT2D eigenvalue weighted by Gasteiger charge is 2.06. The first-order valence-electron chi connectivity index (χ1n) is 13.0. The molecule has 0 atom stereocenters. The lowest BCUT2D eigenvalue weighted by molar-refractivity contribution is -0.697. The van der Waals surface area contributed by atoms with Crippen LogP contribution in [0.2, 0.25) is 0 Å². The molecule has 0 aliphatic heterocycles. The van der Waals surface area contributed by atoms with E-state index < -0.39 is 0 Å². The van der Waals surface area contributed by atoms with Crippen molar-refractivity contribution in [1.29, 1.82) is 0 Å². The molecule has 33 heavy (non-hydrogen) atoms. The second kappa shape index (κ2) is 15.3. The molecule has 0 aliphatic carbocycles. The minimum atomic E-state index is 0.347. The molecular formula is C30H42N2O+2. The van der Waals surface area contributed by atoms with Gasteiger partial charge in [0.05, 0.1) is 0 Å². The van der Waals surface area contributed by atoms with E-state index in [-0.39, 0.29) is 0 Å². The predicted octanol–water partition coefficient (Wildman–Crippen LogP) is 6.06. The van der Waals surface area contributed by atoms with Gasteiger partial charge in [-0.3, -0.25) is 0 Å². The van der Waals surface area contributed by atoms with Crippen LogP contribution in [0.3, 0.4) is 0 Å². The molecule has 2 aromatic heterocycles. The number of aryl methyl sites for hydroxylation is 3. The zero-order valence-electron chi connectivity index (χ0n) is 20.2. The number of aliphatic hydroxyl groups is 1. The zero-order valence-corrected chi connectivity index (χ0v) is 20.2. The van der Waals surface area contributed by atoms with Crippen molar-refractivity contribution in [1.82, 2.24) is 0 Å². The van der Waals surface area contributed by atoms with Crippen molar-refractivity contribution in [3.63, 3.8) is 0 Å². The Balaban J connectivity index is 1.31. The van der Waals surface area contributed by atoms with Gasteiger partial charge in [0, 0.05) is 43.7 Å². The summed E-state index contributed by atoms with van der Waals surface area (Å²) in [5, 5.41) is 8.80. The molecule has 2 heterocycles. The predicted molar refractivity (Wildman–Crippen MR) is 136 cm³/mol. The van der Waals surface area contributed by atoms with Crippen molar-refractivity contribution in [3.05, 3.63) is 84.9 Å². The van der Waals surface area contributed by atoms with Gasteiger partial charge in [-0.15, -0.1) is 0 Å². The number of benzene rings is 1. The largest absolute Gasteiger partial charge is 0.396 e. The number of unbranched alkanes of at least 4 members (excludes halogenated alkanes) is 8. The van der Waals surface area contributed by atoms with Crippen LogP contribution in [0.1, 0.15) is 69.8 Å². The van der Waals surface area contributed by atoms with Crippen LogP contribution in [0.15, 0.2) is 79.4 Å². The molecule has 1 N–H and O–H groups in total. The van der Waals surface area contributed by atoms with Crippen molar-refractivity contribution in [2.45, 2.75) is 83.7 Å². The monoisotopic (exact) mass is 446 g/mol. The van der Waals surface area contributed by atoms with Crippen molar-refractivity contribution < 1.29 is 14.2 Å². The van der Waals surface area contributed by atoms with Gasteiger partial charge >= 0.3 is 0 Å². The highest BCUT2D eigenvalue weighted by molar-refractivity contribution is 5.60. The Kier molecular flexibility index (Phi) is 11.7. The second-order valence-electron chi connectivity index (χ2n) is 9.14. The fraction of sp³-hybridized carbons (Fsp3) is 0.467. The van der Waals surface area contributed by atoms with Gasteiger partial charge in [0.1, 0.15) is 13.1 Å². The average Bonchev–Trinajstić information content (AvgIpc) is 2.87. The van der Waals surface area contributed by atoms with Crippen LogP contribution >= 0.6 is 0 Å². The highest BCUT2D eigenvalue weighted by atomic mass is 16.2. The molecule has 0 radical (unpaired) electrons. The Morgan fingerprint density at radius 3 is 1.45 bits per heavy atom. The van der Waals surface area contributed by atoms with Gasteiger partial charge in [-0.2, -0.15) is 0 Å². The molecule has 0 fully saturated rings. The maximum Gasteiger partial charge on any atom is 0.169 e. The van der Waals surface area contributed by atoms with Crippen molar-refractivity contribution >= 4 is 0 Å². The van der Waals surface area contributed by atoms with Crippen molar-refractivity contribution in [3.8, 4) is 11.1 Å². The van der Waals surface area contributed by atoms with Gasteiger partial charge in [-0.05, 0) is 36.0 Å². The molecule has 1 aromatic carbocycles. The van der Waals surface area contributed by atoms with Crippen LogP contribution < -0.4 is 9.13 Å². The summed E-state index contributed by atoms with van der Waals surface area (Å²) in [5.74, 6) is 0. The number of nitrogens with zero attached hydrogens (tertiary/aromatic N) is 2. The standard InChI is InChI=1S/C30H42N2O/c33-27-12-7-5-3-1-2-4-6-11-21-31-23-17-29(18-24-31)30-19-25-32(26-20-30)22-13-16-28-14-9-8-10-15-28/h8-10,14-15,17-20,23-26,33H,1-7,11-13,16,21-22,27H2/q+2. The molecule has 0 spiro atoms. The molecule has 3 nitrogen and oxygen atoms in total.